The number of nitrogens with zero attached hydrogens (tertiary/aromatic N) is 1. The summed E-state index contributed by atoms with van der Waals surface area (Å²) in [6.45, 7) is 2.09. The number of hydrogen-bond donors (Lipinski definition) is 2. The number of carbonyl (C=O) groups is 2. The van der Waals surface area contributed by atoms with E-state index in [9.17, 15) is 14.7 Å². The molecule has 0 unspecified atom stereocenters. The highest BCUT2D eigenvalue weighted by Crippen LogP contribution is 2.40. The molecule has 0 spiro atoms. The minimum absolute atomic E-state index is 0.00759. The number of rotatable bonds is 2. The fraction of sp³-hybridized carbons (Fsp3) is 0.130. The second-order valence-corrected chi connectivity index (χ2v) is 7.19. The fourth-order valence-corrected chi connectivity index (χ4v) is 4.07. The third kappa shape index (κ3) is 2.40. The molecule has 5 nitrogen and oxygen atoms in total. The van der Waals surface area contributed by atoms with Gasteiger partial charge in [-0.3, -0.25) is 9.59 Å². The lowest BCUT2D eigenvalue weighted by Gasteiger charge is -2.17. The summed E-state index contributed by atoms with van der Waals surface area (Å²) in [5.74, 6) is 0.0256. The first-order valence-corrected chi connectivity index (χ1v) is 9.22. The minimum atomic E-state index is -0.144. The van der Waals surface area contributed by atoms with Crippen molar-refractivity contribution in [3.8, 4) is 5.75 Å². The first kappa shape index (κ1) is 16.6. The third-order valence-electron chi connectivity index (χ3n) is 5.49. The molecule has 2 N–H and O–H groups in total. The van der Waals surface area contributed by atoms with Crippen LogP contribution in [0.4, 0.5) is 5.69 Å². The number of anilines is 1. The van der Waals surface area contributed by atoms with E-state index in [0.29, 0.717) is 17.8 Å². The fourth-order valence-electron chi connectivity index (χ4n) is 4.07. The van der Waals surface area contributed by atoms with Crippen LogP contribution in [0.2, 0.25) is 0 Å². The monoisotopic (exact) mass is 370 g/mol. The zero-order valence-corrected chi connectivity index (χ0v) is 15.3. The number of H-pyrrole nitrogens is 1. The molecule has 0 saturated carbocycles. The average Bonchev–Trinajstić information content (AvgIpc) is 3.31. The van der Waals surface area contributed by atoms with Crippen LogP contribution in [0.5, 0.6) is 5.75 Å². The first-order valence-electron chi connectivity index (χ1n) is 9.22. The van der Waals surface area contributed by atoms with Crippen molar-refractivity contribution in [2.24, 2.45) is 0 Å². The normalized spacial score (nSPS) is 13.2. The summed E-state index contributed by atoms with van der Waals surface area (Å²) in [6, 6.07) is 16.5. The molecule has 1 aromatic heterocycles. The maximum absolute atomic E-state index is 13.2. The Hall–Kier alpha value is -3.60. The molecule has 3 aromatic carbocycles. The lowest BCUT2D eigenvalue weighted by atomic mass is 10.0. The summed E-state index contributed by atoms with van der Waals surface area (Å²) in [5.41, 5.74) is 3.74. The topological polar surface area (TPSA) is 73.4 Å². The van der Waals surface area contributed by atoms with Crippen LogP contribution >= 0.6 is 0 Å². The van der Waals surface area contributed by atoms with E-state index in [1.165, 1.54) is 6.92 Å². The largest absolute Gasteiger partial charge is 0.507 e. The van der Waals surface area contributed by atoms with Crippen molar-refractivity contribution in [2.75, 3.05) is 11.4 Å². The van der Waals surface area contributed by atoms with Crippen LogP contribution in [0, 0.1) is 0 Å². The Balaban J connectivity index is 1.58. The molecular formula is C23H18N2O3. The summed E-state index contributed by atoms with van der Waals surface area (Å²) in [6.07, 6.45) is 0.747. The maximum Gasteiger partial charge on any atom is 0.274 e. The van der Waals surface area contributed by atoms with Crippen LogP contribution in [0.3, 0.4) is 0 Å². The number of ketones is 1. The lowest BCUT2D eigenvalue weighted by molar-refractivity contribution is 0.0983. The van der Waals surface area contributed by atoms with Crippen LogP contribution < -0.4 is 4.90 Å². The van der Waals surface area contributed by atoms with Gasteiger partial charge in [-0.15, -0.1) is 0 Å². The SMILES string of the molecule is CC(=O)c1ccc2[nH]c(C(=O)N3CCc4c3cc(O)c3ccccc43)cc2c1. The molecule has 1 aliphatic rings. The summed E-state index contributed by atoms with van der Waals surface area (Å²) in [5, 5.41) is 13.0. The van der Waals surface area contributed by atoms with Crippen molar-refractivity contribution in [2.45, 2.75) is 13.3 Å². The molecule has 0 radical (unpaired) electrons. The summed E-state index contributed by atoms with van der Waals surface area (Å²) < 4.78 is 0. The molecule has 0 aliphatic carbocycles. The second kappa shape index (κ2) is 5.96. The number of aromatic amines is 1. The summed E-state index contributed by atoms with van der Waals surface area (Å²) >= 11 is 0. The maximum atomic E-state index is 13.2. The molecule has 4 aromatic rings. The molecule has 0 fully saturated rings. The molecule has 0 atom stereocenters. The number of amides is 1. The zero-order chi connectivity index (χ0) is 19.4. The smallest absolute Gasteiger partial charge is 0.274 e. The molecular weight excluding hydrogens is 352 g/mol. The van der Waals surface area contributed by atoms with Gasteiger partial charge in [0.2, 0.25) is 0 Å². The van der Waals surface area contributed by atoms with Gasteiger partial charge in [0.15, 0.2) is 5.78 Å². The number of fused-ring (bicyclic) bond motifs is 4. The molecule has 1 amide bonds. The zero-order valence-electron chi connectivity index (χ0n) is 15.3. The minimum Gasteiger partial charge on any atom is -0.507 e. The highest BCUT2D eigenvalue weighted by Gasteiger charge is 2.29. The van der Waals surface area contributed by atoms with E-state index in [1.807, 2.05) is 30.3 Å². The molecule has 1 aliphatic heterocycles. The van der Waals surface area contributed by atoms with Gasteiger partial charge in [-0.2, -0.15) is 0 Å². The van der Waals surface area contributed by atoms with Crippen LogP contribution in [0.15, 0.2) is 54.6 Å². The van der Waals surface area contributed by atoms with Crippen LogP contribution in [0.25, 0.3) is 21.7 Å². The average molecular weight is 370 g/mol. The van der Waals surface area contributed by atoms with Crippen LogP contribution in [-0.2, 0) is 6.42 Å². The van der Waals surface area contributed by atoms with Crippen molar-refractivity contribution in [3.05, 3.63) is 71.4 Å². The molecule has 0 saturated heterocycles. The van der Waals surface area contributed by atoms with Crippen molar-refractivity contribution >= 4 is 39.1 Å². The van der Waals surface area contributed by atoms with Gasteiger partial charge in [0.25, 0.3) is 5.91 Å². The highest BCUT2D eigenvalue weighted by molar-refractivity contribution is 6.11. The Morgan fingerprint density at radius 1 is 1.04 bits per heavy atom. The van der Waals surface area contributed by atoms with Gasteiger partial charge in [-0.05, 0) is 48.6 Å². The molecule has 138 valence electrons. The Morgan fingerprint density at radius 2 is 1.82 bits per heavy atom. The van der Waals surface area contributed by atoms with Crippen molar-refractivity contribution in [3.63, 3.8) is 0 Å². The number of phenolic OH excluding ortho intramolecular Hbond substituents is 1. The summed E-state index contributed by atoms with van der Waals surface area (Å²) in [4.78, 5) is 29.7. The van der Waals surface area contributed by atoms with Crippen molar-refractivity contribution in [1.29, 1.82) is 0 Å². The number of benzene rings is 3. The van der Waals surface area contributed by atoms with E-state index in [4.69, 9.17) is 0 Å². The van der Waals surface area contributed by atoms with Gasteiger partial charge >= 0.3 is 0 Å². The van der Waals surface area contributed by atoms with E-state index in [-0.39, 0.29) is 17.4 Å². The van der Waals surface area contributed by atoms with Gasteiger partial charge in [0.1, 0.15) is 11.4 Å². The molecule has 5 heteroatoms. The summed E-state index contributed by atoms with van der Waals surface area (Å²) in [7, 11) is 0. The Kier molecular flexibility index (Phi) is 3.52. The van der Waals surface area contributed by atoms with Crippen molar-refractivity contribution in [1.82, 2.24) is 4.98 Å². The number of aromatic nitrogens is 1. The van der Waals surface area contributed by atoms with E-state index in [2.05, 4.69) is 4.98 Å². The van der Waals surface area contributed by atoms with Gasteiger partial charge < -0.3 is 15.0 Å². The Morgan fingerprint density at radius 3 is 2.61 bits per heavy atom. The second-order valence-electron chi connectivity index (χ2n) is 7.19. The van der Waals surface area contributed by atoms with Gasteiger partial charge in [-0.1, -0.05) is 24.3 Å². The lowest BCUT2D eigenvalue weighted by Crippen LogP contribution is -2.29. The van der Waals surface area contributed by atoms with E-state index in [0.717, 1.165) is 39.3 Å². The predicted octanol–water partition coefficient (Wildman–Crippen LogP) is 4.43. The number of phenols is 1. The van der Waals surface area contributed by atoms with E-state index >= 15 is 0 Å². The van der Waals surface area contributed by atoms with E-state index in [1.54, 1.807) is 29.2 Å². The Bertz CT molecular complexity index is 1290. The van der Waals surface area contributed by atoms with E-state index < -0.39 is 0 Å². The standard InChI is InChI=1S/C23H18N2O3/c1-13(26)14-6-7-19-15(10-14)11-20(24-19)23(28)25-9-8-17-16-4-2-3-5-18(16)22(27)12-21(17)25/h2-7,10-12,24,27H,8-9H2,1H3. The van der Waals surface area contributed by atoms with Gasteiger partial charge in [0, 0.05) is 34.5 Å². The first-order chi connectivity index (χ1) is 13.5. The number of carbonyl (C=O) groups excluding carboxylic acids is 2. The Labute approximate surface area is 161 Å². The molecule has 5 rings (SSSR count). The molecule has 28 heavy (non-hydrogen) atoms. The number of nitrogens with one attached hydrogen (secondary N) is 1. The highest BCUT2D eigenvalue weighted by atomic mass is 16.3. The van der Waals surface area contributed by atoms with Crippen molar-refractivity contribution < 1.29 is 14.7 Å². The molecule has 0 bridgehead atoms. The number of Topliss-reactive ketones (excluding diaryl/α,β-unsaturated/α-hetero) is 1. The number of hydrogen-bond acceptors (Lipinski definition) is 3. The predicted molar refractivity (Wildman–Crippen MR) is 109 cm³/mol. The van der Waals surface area contributed by atoms with Crippen LogP contribution in [0.1, 0.15) is 33.3 Å². The molecule has 2 heterocycles. The van der Waals surface area contributed by atoms with Gasteiger partial charge in [-0.25, -0.2) is 0 Å². The number of aromatic hydroxyl groups is 1. The third-order valence-corrected chi connectivity index (χ3v) is 5.49. The van der Waals surface area contributed by atoms with Gasteiger partial charge in [0.05, 0.1) is 5.69 Å². The quantitative estimate of drug-likeness (QED) is 0.513. The van der Waals surface area contributed by atoms with Crippen LogP contribution in [-0.4, -0.2) is 28.3 Å².